The zero-order chi connectivity index (χ0) is 18.1. The van der Waals surface area contributed by atoms with Crippen molar-refractivity contribution in [3.05, 3.63) is 16.8 Å². The van der Waals surface area contributed by atoms with Crippen molar-refractivity contribution in [2.24, 2.45) is 5.92 Å². The van der Waals surface area contributed by atoms with Crippen LogP contribution in [0.25, 0.3) is 10.2 Å². The third-order valence-electron chi connectivity index (χ3n) is 5.51. The molecule has 0 spiro atoms. The molecule has 0 aliphatic carbocycles. The predicted molar refractivity (Wildman–Crippen MR) is 104 cm³/mol. The second-order valence-corrected chi connectivity index (χ2v) is 8.45. The van der Waals surface area contributed by atoms with Crippen molar-refractivity contribution in [2.45, 2.75) is 45.6 Å². The highest BCUT2D eigenvalue weighted by molar-refractivity contribution is 7.20. The molecule has 6 nitrogen and oxygen atoms in total. The minimum absolute atomic E-state index is 0.141. The van der Waals surface area contributed by atoms with Gasteiger partial charge in [0.15, 0.2) is 0 Å². The van der Waals surface area contributed by atoms with Gasteiger partial charge in [-0.25, -0.2) is 9.97 Å². The Morgan fingerprint density at radius 1 is 1.35 bits per heavy atom. The van der Waals surface area contributed by atoms with Gasteiger partial charge in [0.25, 0.3) is 5.91 Å². The summed E-state index contributed by atoms with van der Waals surface area (Å²) in [5.74, 6) is 1.66. The second kappa shape index (κ2) is 7.48. The van der Waals surface area contributed by atoms with E-state index in [1.807, 2.05) is 11.8 Å². The molecule has 2 fully saturated rings. The Balaban J connectivity index is 1.57. The van der Waals surface area contributed by atoms with Gasteiger partial charge in [0.1, 0.15) is 17.0 Å². The average molecular weight is 375 g/mol. The fourth-order valence-electron chi connectivity index (χ4n) is 3.78. The number of piperidine rings is 1. The molecule has 0 radical (unpaired) electrons. The summed E-state index contributed by atoms with van der Waals surface area (Å²) in [6, 6.07) is 0. The van der Waals surface area contributed by atoms with E-state index in [4.69, 9.17) is 4.74 Å². The van der Waals surface area contributed by atoms with E-state index >= 15 is 0 Å². The molecule has 1 N–H and O–H groups in total. The molecule has 2 aliphatic heterocycles. The van der Waals surface area contributed by atoms with Crippen LogP contribution in [0.5, 0.6) is 0 Å². The number of thiophene rings is 1. The van der Waals surface area contributed by atoms with Gasteiger partial charge in [0.2, 0.25) is 0 Å². The van der Waals surface area contributed by atoms with Crippen LogP contribution in [0.4, 0.5) is 5.82 Å². The highest BCUT2D eigenvalue weighted by Crippen LogP contribution is 2.34. The largest absolute Gasteiger partial charge is 0.376 e. The van der Waals surface area contributed by atoms with Gasteiger partial charge in [0.05, 0.1) is 16.4 Å². The van der Waals surface area contributed by atoms with Gasteiger partial charge in [-0.3, -0.25) is 4.79 Å². The van der Waals surface area contributed by atoms with Gasteiger partial charge in [-0.2, -0.15) is 0 Å². The van der Waals surface area contributed by atoms with Crippen LogP contribution in [0.3, 0.4) is 0 Å². The summed E-state index contributed by atoms with van der Waals surface area (Å²) in [5.41, 5.74) is 0.990. The Kier molecular flexibility index (Phi) is 5.09. The van der Waals surface area contributed by atoms with Crippen LogP contribution in [0.15, 0.2) is 6.33 Å². The minimum Gasteiger partial charge on any atom is -0.376 e. The number of hydrogen-bond acceptors (Lipinski definition) is 6. The molecule has 1 amide bonds. The lowest BCUT2D eigenvalue weighted by molar-refractivity contribution is 0.0701. The van der Waals surface area contributed by atoms with Crippen molar-refractivity contribution < 1.29 is 9.53 Å². The summed E-state index contributed by atoms with van der Waals surface area (Å²) in [7, 11) is 0. The number of nitrogens with zero attached hydrogens (tertiary/aromatic N) is 3. The number of likely N-dealkylation sites (tertiary alicyclic amines) is 1. The third-order valence-corrected chi connectivity index (χ3v) is 6.70. The Labute approximate surface area is 158 Å². The van der Waals surface area contributed by atoms with E-state index in [-0.39, 0.29) is 12.0 Å². The first kappa shape index (κ1) is 17.7. The number of aromatic nitrogens is 2. The lowest BCUT2D eigenvalue weighted by atomic mass is 9.99. The molecule has 4 rings (SSSR count). The lowest BCUT2D eigenvalue weighted by Gasteiger charge is -2.30. The summed E-state index contributed by atoms with van der Waals surface area (Å²) in [4.78, 5) is 25.5. The first-order valence-electron chi connectivity index (χ1n) is 9.52. The SMILES string of the molecule is Cc1c(C(=O)N2CCC(C)CC2)sc2ncnc(NC[C@H]3CCCO3)c12. The quantitative estimate of drug-likeness (QED) is 0.888. The molecule has 1 atom stereocenters. The fraction of sp³-hybridized carbons (Fsp3) is 0.632. The van der Waals surface area contributed by atoms with Crippen LogP contribution < -0.4 is 5.32 Å². The fourth-order valence-corrected chi connectivity index (χ4v) is 4.90. The Hall–Kier alpha value is -1.73. The van der Waals surface area contributed by atoms with Gasteiger partial charge in [-0.15, -0.1) is 11.3 Å². The molecule has 0 saturated carbocycles. The number of nitrogens with one attached hydrogen (secondary N) is 1. The van der Waals surface area contributed by atoms with Crippen molar-refractivity contribution in [2.75, 3.05) is 31.6 Å². The molecule has 2 aromatic heterocycles. The lowest BCUT2D eigenvalue weighted by Crippen LogP contribution is -2.37. The van der Waals surface area contributed by atoms with Gasteiger partial charge in [0, 0.05) is 26.2 Å². The molecular formula is C19H26N4O2S. The van der Waals surface area contributed by atoms with Crippen LogP contribution >= 0.6 is 11.3 Å². The summed E-state index contributed by atoms with van der Waals surface area (Å²) in [6.07, 6.45) is 6.20. The molecule has 26 heavy (non-hydrogen) atoms. The third kappa shape index (κ3) is 3.42. The van der Waals surface area contributed by atoms with E-state index in [2.05, 4.69) is 22.2 Å². The highest BCUT2D eigenvalue weighted by atomic mass is 32.1. The predicted octanol–water partition coefficient (Wildman–Crippen LogP) is 3.46. The number of hydrogen-bond donors (Lipinski definition) is 1. The van der Waals surface area contributed by atoms with Gasteiger partial charge in [-0.1, -0.05) is 6.92 Å². The zero-order valence-electron chi connectivity index (χ0n) is 15.5. The maximum absolute atomic E-state index is 13.0. The van der Waals surface area contributed by atoms with Gasteiger partial charge in [-0.05, 0) is 44.1 Å². The van der Waals surface area contributed by atoms with E-state index in [0.717, 1.165) is 78.4 Å². The number of aryl methyl sites for hydroxylation is 1. The van der Waals surface area contributed by atoms with Crippen LogP contribution in [0, 0.1) is 12.8 Å². The first-order chi connectivity index (χ1) is 12.6. The number of carbonyl (C=O) groups excluding carboxylic acids is 1. The van der Waals surface area contributed by atoms with Crippen LogP contribution in [-0.4, -0.2) is 53.1 Å². The maximum Gasteiger partial charge on any atom is 0.264 e. The number of fused-ring (bicyclic) bond motifs is 1. The standard InChI is InChI=1S/C19H26N4O2S/c1-12-5-7-23(8-6-12)19(24)16-13(2)15-17(21-11-22-18(15)26-16)20-10-14-4-3-9-25-14/h11-12,14H,3-10H2,1-2H3,(H,20,21,22)/t14-/m1/s1. The Morgan fingerprint density at radius 3 is 2.88 bits per heavy atom. The molecule has 0 bridgehead atoms. The first-order valence-corrected chi connectivity index (χ1v) is 10.3. The van der Waals surface area contributed by atoms with Crippen molar-refractivity contribution in [3.8, 4) is 0 Å². The Bertz CT molecular complexity index is 792. The summed E-state index contributed by atoms with van der Waals surface area (Å²) in [5, 5.41) is 4.39. The number of ether oxygens (including phenoxy) is 1. The number of anilines is 1. The molecule has 2 saturated heterocycles. The van der Waals surface area contributed by atoms with Gasteiger partial charge < -0.3 is 15.0 Å². The molecule has 140 valence electrons. The zero-order valence-corrected chi connectivity index (χ0v) is 16.3. The molecule has 2 aliphatic rings. The number of carbonyl (C=O) groups is 1. The highest BCUT2D eigenvalue weighted by Gasteiger charge is 2.26. The van der Waals surface area contributed by atoms with Crippen LogP contribution in [0.1, 0.15) is 47.8 Å². The average Bonchev–Trinajstić information content (AvgIpc) is 3.28. The summed E-state index contributed by atoms with van der Waals surface area (Å²) < 4.78 is 5.68. The smallest absolute Gasteiger partial charge is 0.264 e. The van der Waals surface area contributed by atoms with Crippen molar-refractivity contribution in [3.63, 3.8) is 0 Å². The number of amides is 1. The topological polar surface area (TPSA) is 67.4 Å². The molecule has 0 aromatic carbocycles. The van der Waals surface area contributed by atoms with E-state index < -0.39 is 0 Å². The summed E-state index contributed by atoms with van der Waals surface area (Å²) in [6.45, 7) is 7.56. The van der Waals surface area contributed by atoms with Crippen LogP contribution in [-0.2, 0) is 4.74 Å². The van der Waals surface area contributed by atoms with Crippen molar-refractivity contribution >= 4 is 33.3 Å². The van der Waals surface area contributed by atoms with Crippen LogP contribution in [0.2, 0.25) is 0 Å². The maximum atomic E-state index is 13.0. The second-order valence-electron chi connectivity index (χ2n) is 7.45. The molecule has 0 unspecified atom stereocenters. The molecular weight excluding hydrogens is 348 g/mol. The summed E-state index contributed by atoms with van der Waals surface area (Å²) >= 11 is 1.49. The minimum atomic E-state index is 0.141. The normalized spacial score (nSPS) is 21.5. The molecule has 2 aromatic rings. The number of rotatable bonds is 4. The van der Waals surface area contributed by atoms with E-state index in [9.17, 15) is 4.79 Å². The van der Waals surface area contributed by atoms with E-state index in [1.54, 1.807) is 6.33 Å². The van der Waals surface area contributed by atoms with Crippen molar-refractivity contribution in [1.82, 2.24) is 14.9 Å². The van der Waals surface area contributed by atoms with Crippen molar-refractivity contribution in [1.29, 1.82) is 0 Å². The monoisotopic (exact) mass is 374 g/mol. The van der Waals surface area contributed by atoms with E-state index in [1.165, 1.54) is 11.3 Å². The molecule has 4 heterocycles. The molecule has 7 heteroatoms. The van der Waals surface area contributed by atoms with Gasteiger partial charge >= 0.3 is 0 Å². The Morgan fingerprint density at radius 2 is 2.15 bits per heavy atom. The van der Waals surface area contributed by atoms with E-state index in [0.29, 0.717) is 5.92 Å².